The van der Waals surface area contributed by atoms with E-state index in [2.05, 4.69) is 5.32 Å². The van der Waals surface area contributed by atoms with Crippen molar-refractivity contribution < 1.29 is 29.6 Å². The van der Waals surface area contributed by atoms with Gasteiger partial charge in [-0.05, 0) is 79.8 Å². The molecule has 0 unspecified atom stereocenters. The summed E-state index contributed by atoms with van der Waals surface area (Å²) in [6.07, 6.45) is 3.07. The number of hydrogen-bond acceptors (Lipinski definition) is 7. The minimum absolute atomic E-state index is 0.0621. The van der Waals surface area contributed by atoms with Gasteiger partial charge < -0.3 is 25.4 Å². The molecular weight excluding hydrogens is 561 g/mol. The summed E-state index contributed by atoms with van der Waals surface area (Å²) in [5, 5.41) is 32.1. The highest BCUT2D eigenvalue weighted by molar-refractivity contribution is 7.13. The van der Waals surface area contributed by atoms with E-state index in [1.54, 1.807) is 12.1 Å². The summed E-state index contributed by atoms with van der Waals surface area (Å²) in [7, 11) is 0. The number of esters is 1. The van der Waals surface area contributed by atoms with Gasteiger partial charge in [0.15, 0.2) is 0 Å². The first-order chi connectivity index (χ1) is 17.7. The summed E-state index contributed by atoms with van der Waals surface area (Å²) < 4.78 is 5.19. The van der Waals surface area contributed by atoms with E-state index in [4.69, 9.17) is 49.8 Å². The highest BCUT2D eigenvalue weighted by Gasteiger charge is 2.40. The van der Waals surface area contributed by atoms with Crippen molar-refractivity contribution in [2.24, 2.45) is 11.8 Å². The van der Waals surface area contributed by atoms with Gasteiger partial charge in [-0.15, -0.1) is 22.9 Å². The zero-order valence-electron chi connectivity index (χ0n) is 20.2. The molecule has 1 amide bonds. The summed E-state index contributed by atoms with van der Waals surface area (Å²) in [5.74, 6) is -0.722. The molecule has 0 saturated heterocycles. The van der Waals surface area contributed by atoms with Gasteiger partial charge in [0.1, 0.15) is 11.5 Å². The minimum Gasteiger partial charge on any atom is -0.461 e. The Balaban J connectivity index is 1.48. The maximum atomic E-state index is 12.4. The zero-order valence-corrected chi connectivity index (χ0v) is 23.3. The van der Waals surface area contributed by atoms with Crippen molar-refractivity contribution >= 4 is 58.0 Å². The summed E-state index contributed by atoms with van der Waals surface area (Å²) in [6.45, 7) is -0.849. The summed E-state index contributed by atoms with van der Waals surface area (Å²) in [6, 6.07) is 8.34. The van der Waals surface area contributed by atoms with E-state index >= 15 is 0 Å². The van der Waals surface area contributed by atoms with Crippen LogP contribution >= 0.6 is 46.1 Å². The first-order valence-corrected chi connectivity index (χ1v) is 14.2. The average Bonchev–Trinajstić information content (AvgIpc) is 3.42. The van der Waals surface area contributed by atoms with Gasteiger partial charge in [0.2, 0.25) is 5.91 Å². The standard InChI is InChI=1S/C26H32Cl3NO6S/c27-16-9-15(10-17(28)11-16)1-4-21-20(22(29)12-23(21)33)5-2-19-3-6-24(37-19)26(35)36-8-7-25(34)30-18(13-31)14-32/h3,6,9-11,18,20-23,31-33H,1-2,4-5,7-8,12-14H2,(H,30,34)/t20-,21-,22-,23-/m1/s1. The van der Waals surface area contributed by atoms with Gasteiger partial charge in [0.25, 0.3) is 0 Å². The molecule has 1 aromatic carbocycles. The lowest BCUT2D eigenvalue weighted by Gasteiger charge is -2.23. The molecule has 11 heteroatoms. The second-order valence-corrected chi connectivity index (χ2v) is 11.9. The third-order valence-electron chi connectivity index (χ3n) is 6.62. The number of nitrogens with one attached hydrogen (secondary N) is 1. The van der Waals surface area contributed by atoms with Crippen molar-refractivity contribution in [3.05, 3.63) is 55.7 Å². The third-order valence-corrected chi connectivity index (χ3v) is 8.68. The number of carbonyl (C=O) groups excluding carboxylic acids is 2. The fraction of sp³-hybridized carbons (Fsp3) is 0.538. The lowest BCUT2D eigenvalue weighted by atomic mass is 9.85. The number of aliphatic hydroxyl groups is 3. The molecule has 4 N–H and O–H groups in total. The Morgan fingerprint density at radius 2 is 1.73 bits per heavy atom. The number of carbonyl (C=O) groups is 2. The molecule has 1 fully saturated rings. The van der Waals surface area contributed by atoms with Crippen LogP contribution in [-0.2, 0) is 22.4 Å². The third kappa shape index (κ3) is 9.10. The van der Waals surface area contributed by atoms with E-state index in [1.165, 1.54) is 11.3 Å². The molecule has 1 aromatic heterocycles. The van der Waals surface area contributed by atoms with Gasteiger partial charge in [-0.1, -0.05) is 23.2 Å². The molecule has 1 aliphatic carbocycles. The van der Waals surface area contributed by atoms with Gasteiger partial charge in [0.05, 0.1) is 31.8 Å². The van der Waals surface area contributed by atoms with E-state index in [-0.39, 0.29) is 43.5 Å². The fourth-order valence-corrected chi connectivity index (χ4v) is 6.69. The predicted molar refractivity (Wildman–Crippen MR) is 146 cm³/mol. The number of aryl methyl sites for hydroxylation is 2. The Kier molecular flexibility index (Phi) is 12.0. The van der Waals surface area contributed by atoms with Crippen molar-refractivity contribution in [3.63, 3.8) is 0 Å². The van der Waals surface area contributed by atoms with E-state index in [0.717, 1.165) is 36.1 Å². The number of alkyl halides is 1. The molecule has 0 radical (unpaired) electrons. The fourth-order valence-electron chi connectivity index (χ4n) is 4.71. The molecule has 0 bridgehead atoms. The van der Waals surface area contributed by atoms with E-state index in [0.29, 0.717) is 21.3 Å². The van der Waals surface area contributed by atoms with Gasteiger partial charge in [-0.25, -0.2) is 4.79 Å². The second kappa shape index (κ2) is 14.7. The predicted octanol–water partition coefficient (Wildman–Crippen LogP) is 4.24. The highest BCUT2D eigenvalue weighted by atomic mass is 35.5. The zero-order chi connectivity index (χ0) is 26.9. The number of benzene rings is 1. The first-order valence-electron chi connectivity index (χ1n) is 12.2. The lowest BCUT2D eigenvalue weighted by Crippen LogP contribution is -2.40. The second-order valence-electron chi connectivity index (χ2n) is 9.28. The Morgan fingerprint density at radius 1 is 1.05 bits per heavy atom. The number of amides is 1. The van der Waals surface area contributed by atoms with E-state index < -0.39 is 24.0 Å². The molecule has 7 nitrogen and oxygen atoms in total. The van der Waals surface area contributed by atoms with Crippen molar-refractivity contribution in [2.45, 2.75) is 56.0 Å². The summed E-state index contributed by atoms with van der Waals surface area (Å²) in [5.41, 5.74) is 1.03. The van der Waals surface area contributed by atoms with Gasteiger partial charge in [-0.2, -0.15) is 0 Å². The average molecular weight is 593 g/mol. The SMILES string of the molecule is O=C(CCOC(=O)c1ccc(CC[C@@H]2[C@@H](CCc3cc(Cl)cc(Cl)c3)[C@H](O)C[C@H]2Cl)s1)NC(CO)CO. The Bertz CT molecular complexity index is 1030. The van der Waals surface area contributed by atoms with Gasteiger partial charge >= 0.3 is 5.97 Å². The Hall–Kier alpha value is -1.39. The molecule has 0 spiro atoms. The largest absolute Gasteiger partial charge is 0.461 e. The quantitative estimate of drug-likeness (QED) is 0.204. The summed E-state index contributed by atoms with van der Waals surface area (Å²) >= 11 is 20.2. The van der Waals surface area contributed by atoms with Crippen LogP contribution < -0.4 is 5.32 Å². The molecule has 204 valence electrons. The van der Waals surface area contributed by atoms with Crippen molar-refractivity contribution in [3.8, 4) is 0 Å². The molecule has 37 heavy (non-hydrogen) atoms. The molecule has 0 aliphatic heterocycles. The number of aliphatic hydroxyl groups excluding tert-OH is 3. The van der Waals surface area contributed by atoms with Gasteiger partial charge in [-0.3, -0.25) is 4.79 Å². The lowest BCUT2D eigenvalue weighted by molar-refractivity contribution is -0.123. The Morgan fingerprint density at radius 3 is 2.41 bits per heavy atom. The van der Waals surface area contributed by atoms with Gasteiger partial charge in [0, 0.05) is 20.3 Å². The van der Waals surface area contributed by atoms with Crippen LogP contribution in [0.4, 0.5) is 0 Å². The first kappa shape index (κ1) is 30.2. The van der Waals surface area contributed by atoms with Crippen LogP contribution in [0.25, 0.3) is 0 Å². The van der Waals surface area contributed by atoms with Crippen LogP contribution in [0.15, 0.2) is 30.3 Å². The topological polar surface area (TPSA) is 116 Å². The van der Waals surface area contributed by atoms with Crippen LogP contribution in [0.1, 0.15) is 45.8 Å². The maximum Gasteiger partial charge on any atom is 0.348 e. The van der Waals surface area contributed by atoms with Crippen LogP contribution in [0.2, 0.25) is 10.0 Å². The number of rotatable bonds is 13. The Labute approximate surface area is 235 Å². The monoisotopic (exact) mass is 591 g/mol. The highest BCUT2D eigenvalue weighted by Crippen LogP contribution is 2.42. The summed E-state index contributed by atoms with van der Waals surface area (Å²) in [4.78, 5) is 25.6. The molecule has 1 saturated carbocycles. The van der Waals surface area contributed by atoms with Crippen molar-refractivity contribution in [2.75, 3.05) is 19.8 Å². The van der Waals surface area contributed by atoms with Crippen LogP contribution in [0, 0.1) is 11.8 Å². The van der Waals surface area contributed by atoms with Crippen molar-refractivity contribution in [1.29, 1.82) is 0 Å². The van der Waals surface area contributed by atoms with Crippen LogP contribution in [0.3, 0.4) is 0 Å². The number of hydrogen-bond donors (Lipinski definition) is 4. The van der Waals surface area contributed by atoms with Crippen LogP contribution in [0.5, 0.6) is 0 Å². The molecule has 1 heterocycles. The van der Waals surface area contributed by atoms with Crippen LogP contribution in [-0.4, -0.2) is 64.5 Å². The molecule has 1 aliphatic rings. The number of thiophene rings is 1. The van der Waals surface area contributed by atoms with E-state index in [9.17, 15) is 14.7 Å². The van der Waals surface area contributed by atoms with Crippen molar-refractivity contribution in [1.82, 2.24) is 5.32 Å². The van der Waals surface area contributed by atoms with E-state index in [1.807, 2.05) is 18.2 Å². The molecule has 2 aromatic rings. The smallest absolute Gasteiger partial charge is 0.348 e. The normalized spacial score (nSPS) is 21.4. The maximum absolute atomic E-state index is 12.4. The number of halogens is 3. The molecular formula is C26H32Cl3NO6S. The molecule has 4 atom stereocenters. The number of ether oxygens (including phenoxy) is 1. The minimum atomic E-state index is -0.730. The molecule has 3 rings (SSSR count).